The van der Waals surface area contributed by atoms with Crippen LogP contribution in [0, 0.1) is 19.8 Å². The van der Waals surface area contributed by atoms with E-state index in [1.54, 1.807) is 0 Å². The van der Waals surface area contributed by atoms with Crippen LogP contribution < -0.4 is 0 Å². The number of carboxylic acid groups (broad SMARTS) is 1. The lowest BCUT2D eigenvalue weighted by molar-refractivity contribution is -0.192. The maximum atomic E-state index is 13.0. The van der Waals surface area contributed by atoms with E-state index in [1.165, 1.54) is 5.69 Å². The fourth-order valence-corrected chi connectivity index (χ4v) is 3.74. The van der Waals surface area contributed by atoms with Crippen molar-refractivity contribution < 1.29 is 32.6 Å². The van der Waals surface area contributed by atoms with Crippen LogP contribution in [0.5, 0.6) is 0 Å². The number of halogens is 3. The van der Waals surface area contributed by atoms with Crippen LogP contribution in [0.1, 0.15) is 69.2 Å². The van der Waals surface area contributed by atoms with Gasteiger partial charge in [-0.2, -0.15) is 13.2 Å². The van der Waals surface area contributed by atoms with Gasteiger partial charge in [0.05, 0.1) is 18.8 Å². The predicted molar refractivity (Wildman–Crippen MR) is 117 cm³/mol. The van der Waals surface area contributed by atoms with Crippen LogP contribution in [0.25, 0.3) is 0 Å². The number of alkyl halides is 3. The minimum atomic E-state index is -5.08. The van der Waals surface area contributed by atoms with E-state index in [9.17, 15) is 18.0 Å². The van der Waals surface area contributed by atoms with Crippen LogP contribution >= 0.6 is 0 Å². The molecule has 0 aromatic carbocycles. The number of aromatic nitrogens is 1. The summed E-state index contributed by atoms with van der Waals surface area (Å²) in [5, 5.41) is 7.12. The number of carboxylic acids is 1. The monoisotopic (exact) mass is 462 g/mol. The molecule has 2 rings (SSSR count). The van der Waals surface area contributed by atoms with E-state index < -0.39 is 12.1 Å². The Kier molecular flexibility index (Phi) is 9.96. The number of aliphatic carboxylic acids is 1. The van der Waals surface area contributed by atoms with Gasteiger partial charge in [-0.1, -0.05) is 20.8 Å². The molecule has 6 nitrogen and oxygen atoms in total. The van der Waals surface area contributed by atoms with Gasteiger partial charge in [0.25, 0.3) is 0 Å². The minimum absolute atomic E-state index is 0.180. The van der Waals surface area contributed by atoms with Crippen LogP contribution in [0.2, 0.25) is 0 Å². The fourth-order valence-electron chi connectivity index (χ4n) is 3.74. The van der Waals surface area contributed by atoms with Crippen molar-refractivity contribution in [1.82, 2.24) is 9.47 Å². The predicted octanol–water partition coefficient (Wildman–Crippen LogP) is 4.86. The molecule has 0 spiro atoms. The average molecular weight is 463 g/mol. The van der Waals surface area contributed by atoms with Gasteiger partial charge in [-0.3, -0.25) is 9.69 Å². The van der Waals surface area contributed by atoms with Crippen LogP contribution in [-0.2, 0) is 16.1 Å². The molecule has 2 heterocycles. The number of nitrogens with zero attached hydrogens (tertiary/aromatic N) is 2. The van der Waals surface area contributed by atoms with Gasteiger partial charge in [0, 0.05) is 36.1 Å². The van der Waals surface area contributed by atoms with E-state index in [0.717, 1.165) is 37.2 Å². The number of ketones is 1. The molecule has 0 aliphatic carbocycles. The zero-order chi connectivity index (χ0) is 24.9. The van der Waals surface area contributed by atoms with E-state index in [0.29, 0.717) is 25.1 Å². The third kappa shape index (κ3) is 8.24. The topological polar surface area (TPSA) is 71.8 Å². The lowest BCUT2D eigenvalue weighted by atomic mass is 10.0. The summed E-state index contributed by atoms with van der Waals surface area (Å²) in [7, 11) is 0. The average Bonchev–Trinajstić information content (AvgIpc) is 2.93. The number of rotatable bonds is 7. The smallest absolute Gasteiger partial charge is 0.475 e. The fraction of sp³-hybridized carbons (Fsp3) is 0.739. The first kappa shape index (κ1) is 28.2. The number of aryl methyl sites for hydroxylation is 1. The van der Waals surface area contributed by atoms with Gasteiger partial charge >= 0.3 is 12.1 Å². The van der Waals surface area contributed by atoms with Gasteiger partial charge in [-0.25, -0.2) is 4.79 Å². The van der Waals surface area contributed by atoms with Gasteiger partial charge in [-0.05, 0) is 52.5 Å². The molecule has 0 saturated carbocycles. The Bertz CT molecular complexity index is 785. The summed E-state index contributed by atoms with van der Waals surface area (Å²) in [5.74, 6) is -1.85. The summed E-state index contributed by atoms with van der Waals surface area (Å²) >= 11 is 0. The second-order valence-electron chi connectivity index (χ2n) is 9.38. The molecular formula is C23H37F3N2O4. The van der Waals surface area contributed by atoms with Gasteiger partial charge in [-0.15, -0.1) is 0 Å². The number of carbonyl (C=O) groups is 2. The molecule has 184 valence electrons. The zero-order valence-electron chi connectivity index (χ0n) is 20.2. The van der Waals surface area contributed by atoms with Crippen molar-refractivity contribution in [2.45, 2.75) is 85.7 Å². The van der Waals surface area contributed by atoms with Gasteiger partial charge in [0.15, 0.2) is 5.78 Å². The molecule has 1 aromatic rings. The standard InChI is InChI=1S/C21H36N2O2.C2HF3O2/c1-8-18-13-25-21(6,7)14-22(18)12-20(24)19-11-16(4)23(17(19)5)10-9-15(2)3;3-2(4,5)1(6)7/h11,15,18H,8-10,12-14H2,1-7H3;(H,6,7). The highest BCUT2D eigenvalue weighted by Crippen LogP contribution is 2.24. The quantitative estimate of drug-likeness (QED) is 0.586. The number of morpholine rings is 1. The van der Waals surface area contributed by atoms with Crippen molar-refractivity contribution in [2.24, 2.45) is 5.92 Å². The number of ether oxygens (including phenoxy) is 1. The van der Waals surface area contributed by atoms with E-state index in [4.69, 9.17) is 14.6 Å². The molecule has 1 aromatic heterocycles. The van der Waals surface area contributed by atoms with Crippen molar-refractivity contribution >= 4 is 11.8 Å². The van der Waals surface area contributed by atoms with Crippen LogP contribution in [0.15, 0.2) is 6.07 Å². The maximum absolute atomic E-state index is 13.0. The lowest BCUT2D eigenvalue weighted by Gasteiger charge is -2.43. The number of Topliss-reactive ketones (excluding diaryl/α,β-unsaturated/α-hetero) is 1. The third-order valence-electron chi connectivity index (χ3n) is 5.63. The molecule has 1 aliphatic heterocycles. The van der Waals surface area contributed by atoms with E-state index in [-0.39, 0.29) is 11.4 Å². The van der Waals surface area contributed by atoms with Gasteiger partial charge < -0.3 is 14.4 Å². The summed E-state index contributed by atoms with van der Waals surface area (Å²) in [5.41, 5.74) is 3.01. The first-order valence-electron chi connectivity index (χ1n) is 11.0. The molecular weight excluding hydrogens is 425 g/mol. The van der Waals surface area contributed by atoms with Gasteiger partial charge in [0.1, 0.15) is 0 Å². The Hall–Kier alpha value is -1.87. The first-order valence-corrected chi connectivity index (χ1v) is 11.0. The SMILES string of the molecule is CCC1COC(C)(C)CN1CC(=O)c1cc(C)n(CCC(C)C)c1C.O=C(O)C(F)(F)F. The second kappa shape index (κ2) is 11.3. The van der Waals surface area contributed by atoms with Crippen molar-refractivity contribution in [3.8, 4) is 0 Å². The van der Waals surface area contributed by atoms with E-state index in [2.05, 4.69) is 64.0 Å². The molecule has 9 heteroatoms. The molecule has 32 heavy (non-hydrogen) atoms. The van der Waals surface area contributed by atoms with Gasteiger partial charge in [0.2, 0.25) is 0 Å². The number of hydrogen-bond donors (Lipinski definition) is 1. The second-order valence-corrected chi connectivity index (χ2v) is 9.38. The molecule has 1 unspecified atom stereocenters. The Balaban J connectivity index is 0.000000633. The Morgan fingerprint density at radius 1 is 1.28 bits per heavy atom. The van der Waals surface area contributed by atoms with Crippen LogP contribution in [0.3, 0.4) is 0 Å². The largest absolute Gasteiger partial charge is 0.490 e. The molecule has 0 bridgehead atoms. The summed E-state index contributed by atoms with van der Waals surface area (Å²) in [6.45, 7) is 18.1. The number of hydrogen-bond acceptors (Lipinski definition) is 4. The Morgan fingerprint density at radius 3 is 2.31 bits per heavy atom. The first-order chi connectivity index (χ1) is 14.6. The lowest BCUT2D eigenvalue weighted by Crippen LogP contribution is -2.55. The maximum Gasteiger partial charge on any atom is 0.490 e. The van der Waals surface area contributed by atoms with Crippen molar-refractivity contribution in [3.05, 3.63) is 23.0 Å². The molecule has 1 saturated heterocycles. The molecule has 1 N–H and O–H groups in total. The highest BCUT2D eigenvalue weighted by atomic mass is 19.4. The Labute approximate surface area is 188 Å². The highest BCUT2D eigenvalue weighted by molar-refractivity contribution is 5.99. The number of carbonyl (C=O) groups excluding carboxylic acids is 1. The summed E-state index contributed by atoms with van der Waals surface area (Å²) in [4.78, 5) is 24.2. The van der Waals surface area contributed by atoms with E-state index in [1.807, 2.05) is 0 Å². The molecule has 1 atom stereocenters. The summed E-state index contributed by atoms with van der Waals surface area (Å²) < 4.78 is 40.0. The summed E-state index contributed by atoms with van der Waals surface area (Å²) in [6.07, 6.45) is -2.93. The molecule has 0 amide bonds. The van der Waals surface area contributed by atoms with E-state index >= 15 is 0 Å². The summed E-state index contributed by atoms with van der Waals surface area (Å²) in [6, 6.07) is 2.41. The normalized spacial score (nSPS) is 18.9. The molecule has 1 fully saturated rings. The zero-order valence-corrected chi connectivity index (χ0v) is 20.2. The van der Waals surface area contributed by atoms with Crippen LogP contribution in [-0.4, -0.2) is 63.8 Å². The van der Waals surface area contributed by atoms with Crippen molar-refractivity contribution in [1.29, 1.82) is 0 Å². The van der Waals surface area contributed by atoms with Crippen LogP contribution in [0.4, 0.5) is 13.2 Å². The highest BCUT2D eigenvalue weighted by Gasteiger charge is 2.38. The third-order valence-corrected chi connectivity index (χ3v) is 5.63. The Morgan fingerprint density at radius 2 is 1.84 bits per heavy atom. The minimum Gasteiger partial charge on any atom is -0.475 e. The van der Waals surface area contributed by atoms with Crippen molar-refractivity contribution in [3.63, 3.8) is 0 Å². The van der Waals surface area contributed by atoms with Crippen molar-refractivity contribution in [2.75, 3.05) is 19.7 Å². The molecule has 1 aliphatic rings. The molecule has 0 radical (unpaired) electrons.